The quantitative estimate of drug-likeness (QED) is 0.556. The SMILES string of the molecule is C[N-]C1=C[C@@](O)([C@H](C)O)[C@H](O)[C@H]1Cl. The zero-order chi connectivity index (χ0) is 10.2. The van der Waals surface area contributed by atoms with E-state index < -0.39 is 23.2 Å². The molecule has 0 heterocycles. The fraction of sp³-hybridized carbons (Fsp3) is 0.750. The molecule has 0 spiro atoms. The second-order valence-electron chi connectivity index (χ2n) is 3.20. The van der Waals surface area contributed by atoms with Crippen molar-refractivity contribution in [3.8, 4) is 0 Å². The van der Waals surface area contributed by atoms with E-state index in [1.54, 1.807) is 0 Å². The van der Waals surface area contributed by atoms with Gasteiger partial charge in [-0.15, -0.1) is 24.3 Å². The van der Waals surface area contributed by atoms with Gasteiger partial charge in [0.1, 0.15) is 11.7 Å². The van der Waals surface area contributed by atoms with Crippen molar-refractivity contribution in [2.24, 2.45) is 0 Å². The molecular formula is C8H13ClNO3-. The van der Waals surface area contributed by atoms with Crippen LogP contribution in [0.3, 0.4) is 0 Å². The largest absolute Gasteiger partial charge is 0.689 e. The highest BCUT2D eigenvalue weighted by Crippen LogP contribution is 2.36. The lowest BCUT2D eigenvalue weighted by Gasteiger charge is -2.29. The average Bonchev–Trinajstić information content (AvgIpc) is 2.31. The number of rotatable bonds is 2. The van der Waals surface area contributed by atoms with Gasteiger partial charge in [0.2, 0.25) is 0 Å². The van der Waals surface area contributed by atoms with E-state index in [2.05, 4.69) is 5.32 Å². The lowest BCUT2D eigenvalue weighted by atomic mass is 9.95. The van der Waals surface area contributed by atoms with Gasteiger partial charge in [0.15, 0.2) is 0 Å². The van der Waals surface area contributed by atoms with Crippen LogP contribution >= 0.6 is 11.6 Å². The Hall–Kier alpha value is -0.290. The number of nitrogens with zero attached hydrogens (tertiary/aromatic N) is 1. The molecule has 5 heteroatoms. The second-order valence-corrected chi connectivity index (χ2v) is 3.67. The molecule has 0 aromatic rings. The van der Waals surface area contributed by atoms with Crippen LogP contribution in [0.4, 0.5) is 0 Å². The standard InChI is InChI=1S/C8H13ClNO3/c1-4(11)8(13)3-5(10-2)6(9)7(8)12/h3-4,6-7,11-13H,1-2H3/q-1/t4-,6-,7+,8+/m0/s1. The summed E-state index contributed by atoms with van der Waals surface area (Å²) in [5, 5.41) is 31.6. The summed E-state index contributed by atoms with van der Waals surface area (Å²) < 4.78 is 0. The van der Waals surface area contributed by atoms with Crippen molar-refractivity contribution in [3.05, 3.63) is 17.1 Å². The highest BCUT2D eigenvalue weighted by molar-refractivity contribution is 6.23. The summed E-state index contributed by atoms with van der Waals surface area (Å²) in [6.45, 7) is 1.39. The summed E-state index contributed by atoms with van der Waals surface area (Å²) in [5.74, 6) is 0. The molecule has 0 aromatic heterocycles. The van der Waals surface area contributed by atoms with Crippen molar-refractivity contribution in [3.63, 3.8) is 0 Å². The van der Waals surface area contributed by atoms with Crippen LogP contribution in [0, 0.1) is 0 Å². The molecule has 0 fully saturated rings. The van der Waals surface area contributed by atoms with E-state index in [1.165, 1.54) is 20.0 Å². The highest BCUT2D eigenvalue weighted by Gasteiger charge is 2.46. The minimum Gasteiger partial charge on any atom is -0.689 e. The van der Waals surface area contributed by atoms with Crippen LogP contribution < -0.4 is 0 Å². The monoisotopic (exact) mass is 206 g/mol. The van der Waals surface area contributed by atoms with Gasteiger partial charge < -0.3 is 20.6 Å². The van der Waals surface area contributed by atoms with Gasteiger partial charge in [0.05, 0.1) is 11.5 Å². The Labute approximate surface area is 81.8 Å². The summed E-state index contributed by atoms with van der Waals surface area (Å²) in [5.41, 5.74) is -1.28. The molecule has 4 nitrogen and oxygen atoms in total. The molecule has 1 aliphatic carbocycles. The molecule has 0 saturated carbocycles. The van der Waals surface area contributed by atoms with Crippen molar-refractivity contribution in [2.45, 2.75) is 30.1 Å². The normalized spacial score (nSPS) is 41.5. The molecule has 0 aliphatic heterocycles. The molecule has 3 N–H and O–H groups in total. The van der Waals surface area contributed by atoms with Gasteiger partial charge in [-0.25, -0.2) is 0 Å². The number of aliphatic hydroxyl groups is 3. The molecular weight excluding hydrogens is 194 g/mol. The fourth-order valence-corrected chi connectivity index (χ4v) is 1.72. The summed E-state index contributed by atoms with van der Waals surface area (Å²) in [7, 11) is 1.52. The van der Waals surface area contributed by atoms with Crippen LogP contribution in [-0.2, 0) is 0 Å². The Morgan fingerprint density at radius 1 is 1.69 bits per heavy atom. The molecule has 0 unspecified atom stereocenters. The summed E-state index contributed by atoms with van der Waals surface area (Å²) in [4.78, 5) is 0. The van der Waals surface area contributed by atoms with Crippen molar-refractivity contribution >= 4 is 11.6 Å². The molecule has 0 amide bonds. The molecule has 0 radical (unpaired) electrons. The fourth-order valence-electron chi connectivity index (χ4n) is 1.35. The first-order chi connectivity index (χ1) is 5.93. The van der Waals surface area contributed by atoms with Gasteiger partial charge in [0.25, 0.3) is 0 Å². The third kappa shape index (κ3) is 1.55. The molecule has 1 aliphatic rings. The van der Waals surface area contributed by atoms with Crippen LogP contribution in [0.2, 0.25) is 0 Å². The van der Waals surface area contributed by atoms with E-state index in [1.807, 2.05) is 0 Å². The maximum Gasteiger partial charge on any atom is 0.135 e. The number of hydrogen-bond acceptors (Lipinski definition) is 3. The smallest absolute Gasteiger partial charge is 0.135 e. The van der Waals surface area contributed by atoms with Crippen molar-refractivity contribution in [2.75, 3.05) is 7.05 Å². The maximum absolute atomic E-state index is 9.79. The highest BCUT2D eigenvalue weighted by atomic mass is 35.5. The maximum atomic E-state index is 9.79. The Bertz CT molecular complexity index is 231. The van der Waals surface area contributed by atoms with Crippen molar-refractivity contribution in [1.29, 1.82) is 0 Å². The zero-order valence-corrected chi connectivity index (χ0v) is 8.23. The minimum atomic E-state index is -1.68. The molecule has 13 heavy (non-hydrogen) atoms. The van der Waals surface area contributed by atoms with E-state index in [9.17, 15) is 15.3 Å². The van der Waals surface area contributed by atoms with Gasteiger partial charge in [-0.05, 0) is 6.92 Å². The van der Waals surface area contributed by atoms with Crippen LogP contribution in [0.15, 0.2) is 11.8 Å². The first kappa shape index (κ1) is 10.8. The Morgan fingerprint density at radius 2 is 2.23 bits per heavy atom. The Kier molecular flexibility index (Phi) is 2.87. The van der Waals surface area contributed by atoms with E-state index >= 15 is 0 Å². The van der Waals surface area contributed by atoms with E-state index in [4.69, 9.17) is 11.6 Å². The first-order valence-electron chi connectivity index (χ1n) is 3.98. The summed E-state index contributed by atoms with van der Waals surface area (Å²) in [6, 6.07) is 0. The lowest BCUT2D eigenvalue weighted by molar-refractivity contribution is -0.0974. The molecule has 0 bridgehead atoms. The first-order valence-corrected chi connectivity index (χ1v) is 4.42. The second kappa shape index (κ2) is 3.46. The predicted molar refractivity (Wildman–Crippen MR) is 49.6 cm³/mol. The topological polar surface area (TPSA) is 74.8 Å². The summed E-state index contributed by atoms with van der Waals surface area (Å²) in [6.07, 6.45) is -0.990. The predicted octanol–water partition coefficient (Wildman–Crippen LogP) is -0.0324. The number of hydrogen-bond donors (Lipinski definition) is 3. The van der Waals surface area contributed by atoms with Gasteiger partial charge >= 0.3 is 0 Å². The van der Waals surface area contributed by atoms with Gasteiger partial charge in [-0.3, -0.25) is 0 Å². The van der Waals surface area contributed by atoms with E-state index in [0.717, 1.165) is 0 Å². The Balaban J connectivity index is 2.96. The molecule has 0 saturated heterocycles. The molecule has 1 rings (SSSR count). The third-order valence-corrected chi connectivity index (χ3v) is 2.80. The molecule has 4 atom stereocenters. The Morgan fingerprint density at radius 3 is 2.46 bits per heavy atom. The zero-order valence-electron chi connectivity index (χ0n) is 7.48. The van der Waals surface area contributed by atoms with Crippen molar-refractivity contribution < 1.29 is 15.3 Å². The van der Waals surface area contributed by atoms with Gasteiger partial charge in [0, 0.05) is 0 Å². The summed E-state index contributed by atoms with van der Waals surface area (Å²) >= 11 is 5.77. The van der Waals surface area contributed by atoms with E-state index in [-0.39, 0.29) is 0 Å². The van der Waals surface area contributed by atoms with E-state index in [0.29, 0.717) is 5.70 Å². The number of alkyl halides is 1. The van der Waals surface area contributed by atoms with Gasteiger partial charge in [-0.1, -0.05) is 6.08 Å². The number of halogens is 1. The average molecular weight is 207 g/mol. The molecule has 0 aromatic carbocycles. The van der Waals surface area contributed by atoms with Crippen molar-refractivity contribution in [1.82, 2.24) is 0 Å². The lowest BCUT2D eigenvalue weighted by Crippen LogP contribution is -2.49. The minimum absolute atomic E-state index is 0.401. The van der Waals surface area contributed by atoms with Gasteiger partial charge in [-0.2, -0.15) is 0 Å². The third-order valence-electron chi connectivity index (χ3n) is 2.34. The van der Waals surface area contributed by atoms with Crippen LogP contribution in [0.1, 0.15) is 6.92 Å². The van der Waals surface area contributed by atoms with Crippen LogP contribution in [0.25, 0.3) is 5.32 Å². The van der Waals surface area contributed by atoms with Crippen LogP contribution in [-0.4, -0.2) is 45.6 Å². The number of aliphatic hydroxyl groups excluding tert-OH is 2. The molecule has 76 valence electrons. The van der Waals surface area contributed by atoms with Crippen LogP contribution in [0.5, 0.6) is 0 Å².